The van der Waals surface area contributed by atoms with Crippen LogP contribution < -0.4 is 0 Å². The van der Waals surface area contributed by atoms with Gasteiger partial charge in [0.2, 0.25) is 0 Å². The van der Waals surface area contributed by atoms with Crippen molar-refractivity contribution in [2.75, 3.05) is 0 Å². The minimum atomic E-state index is -0.469. The first-order valence-corrected chi connectivity index (χ1v) is 5.37. The maximum Gasteiger partial charge on any atom is 0.0802 e. The zero-order valence-corrected chi connectivity index (χ0v) is 9.98. The molecule has 0 radical (unpaired) electrons. The molecule has 1 rings (SSSR count). The molecule has 0 bridgehead atoms. The summed E-state index contributed by atoms with van der Waals surface area (Å²) in [5.74, 6) is 0. The van der Waals surface area contributed by atoms with Crippen LogP contribution in [0, 0.1) is 6.92 Å². The predicted octanol–water partition coefficient (Wildman–Crippen LogP) is 3.85. The van der Waals surface area contributed by atoms with Crippen molar-refractivity contribution in [1.82, 2.24) is 0 Å². The van der Waals surface area contributed by atoms with Crippen molar-refractivity contribution < 1.29 is 5.11 Å². The summed E-state index contributed by atoms with van der Waals surface area (Å²) in [5, 5.41) is 10.3. The van der Waals surface area contributed by atoms with Crippen LogP contribution in [0.3, 0.4) is 0 Å². The zero-order valence-electron chi connectivity index (χ0n) is 7.64. The number of aliphatic hydroxyl groups is 1. The molecular weight excluding hydrogens is 251 g/mol. The fourth-order valence-electron chi connectivity index (χ4n) is 1.21. The Morgan fingerprint density at radius 2 is 2.15 bits per heavy atom. The number of benzene rings is 1. The third-order valence-electron chi connectivity index (χ3n) is 1.95. The molecule has 0 amide bonds. The van der Waals surface area contributed by atoms with Gasteiger partial charge in [0.05, 0.1) is 11.1 Å². The molecule has 1 unspecified atom stereocenters. The summed E-state index contributed by atoms with van der Waals surface area (Å²) in [6, 6.07) is 3.86. The largest absolute Gasteiger partial charge is 0.388 e. The van der Waals surface area contributed by atoms with Crippen LogP contribution in [-0.2, 0) is 0 Å². The molecule has 0 saturated heterocycles. The van der Waals surface area contributed by atoms with E-state index in [0.717, 1.165) is 15.6 Å². The first kappa shape index (κ1) is 11.0. The Labute approximate surface area is 91.9 Å². The topological polar surface area (TPSA) is 20.2 Å². The second-order valence-corrected chi connectivity index (χ2v) is 4.31. The molecule has 0 spiro atoms. The van der Waals surface area contributed by atoms with Gasteiger partial charge < -0.3 is 5.11 Å². The standard InChI is InChI=1S/C10H12BrClO/c1-3-9(13)7-4-6(2)5-8(11)10(7)12/h4-5,9,13H,3H2,1-2H3. The molecule has 1 atom stereocenters. The Kier molecular flexibility index (Phi) is 3.77. The summed E-state index contributed by atoms with van der Waals surface area (Å²) < 4.78 is 0.844. The lowest BCUT2D eigenvalue weighted by Crippen LogP contribution is -1.97. The minimum Gasteiger partial charge on any atom is -0.388 e. The third kappa shape index (κ3) is 2.46. The van der Waals surface area contributed by atoms with Gasteiger partial charge in [-0.1, -0.05) is 24.6 Å². The summed E-state index contributed by atoms with van der Waals surface area (Å²) in [6.45, 7) is 3.91. The second-order valence-electron chi connectivity index (χ2n) is 3.07. The lowest BCUT2D eigenvalue weighted by molar-refractivity contribution is 0.173. The first-order chi connectivity index (χ1) is 6.06. The molecule has 0 aliphatic heterocycles. The smallest absolute Gasteiger partial charge is 0.0802 e. The third-order valence-corrected chi connectivity index (χ3v) is 3.22. The molecule has 0 saturated carbocycles. The summed E-state index contributed by atoms with van der Waals surface area (Å²) >= 11 is 9.38. The maximum atomic E-state index is 9.65. The van der Waals surface area contributed by atoms with Gasteiger partial charge in [0.1, 0.15) is 0 Å². The van der Waals surface area contributed by atoms with Crippen molar-refractivity contribution in [2.45, 2.75) is 26.4 Å². The molecule has 0 fully saturated rings. The van der Waals surface area contributed by atoms with Gasteiger partial charge in [-0.3, -0.25) is 0 Å². The molecule has 1 aromatic carbocycles. The van der Waals surface area contributed by atoms with Crippen LogP contribution in [0.2, 0.25) is 5.02 Å². The van der Waals surface area contributed by atoms with Gasteiger partial charge >= 0.3 is 0 Å². The molecule has 1 aromatic rings. The highest BCUT2D eigenvalue weighted by atomic mass is 79.9. The van der Waals surface area contributed by atoms with Crippen LogP contribution in [0.4, 0.5) is 0 Å². The minimum absolute atomic E-state index is 0.469. The Morgan fingerprint density at radius 3 is 2.69 bits per heavy atom. The Balaban J connectivity index is 3.20. The van der Waals surface area contributed by atoms with Crippen LogP contribution >= 0.6 is 27.5 Å². The first-order valence-electron chi connectivity index (χ1n) is 4.19. The summed E-state index contributed by atoms with van der Waals surface area (Å²) in [6.07, 6.45) is 0.207. The highest BCUT2D eigenvalue weighted by Crippen LogP contribution is 2.32. The molecule has 1 N–H and O–H groups in total. The number of hydrogen-bond acceptors (Lipinski definition) is 1. The Morgan fingerprint density at radius 1 is 1.54 bits per heavy atom. The molecule has 0 aliphatic rings. The summed E-state index contributed by atoms with van der Waals surface area (Å²) in [4.78, 5) is 0. The normalized spacial score (nSPS) is 13.0. The van der Waals surface area contributed by atoms with E-state index in [-0.39, 0.29) is 0 Å². The highest BCUT2D eigenvalue weighted by Gasteiger charge is 2.12. The molecule has 0 aromatic heterocycles. The van der Waals surface area contributed by atoms with E-state index in [1.807, 2.05) is 26.0 Å². The van der Waals surface area contributed by atoms with Gasteiger partial charge in [-0.15, -0.1) is 0 Å². The molecular formula is C10H12BrClO. The van der Waals surface area contributed by atoms with Crippen LogP contribution in [0.15, 0.2) is 16.6 Å². The lowest BCUT2D eigenvalue weighted by atomic mass is 10.1. The maximum absolute atomic E-state index is 9.65. The fraction of sp³-hybridized carbons (Fsp3) is 0.400. The van der Waals surface area contributed by atoms with E-state index in [1.165, 1.54) is 0 Å². The molecule has 72 valence electrons. The Bertz CT molecular complexity index is 312. The van der Waals surface area contributed by atoms with Gasteiger partial charge in [-0.25, -0.2) is 0 Å². The van der Waals surface area contributed by atoms with E-state index < -0.39 is 6.10 Å². The highest BCUT2D eigenvalue weighted by molar-refractivity contribution is 9.10. The SMILES string of the molecule is CCC(O)c1cc(C)cc(Br)c1Cl. The van der Waals surface area contributed by atoms with Gasteiger partial charge in [-0.05, 0) is 40.9 Å². The summed E-state index contributed by atoms with van der Waals surface area (Å²) in [5.41, 5.74) is 1.90. The summed E-state index contributed by atoms with van der Waals surface area (Å²) in [7, 11) is 0. The van der Waals surface area contributed by atoms with Crippen molar-refractivity contribution in [1.29, 1.82) is 0 Å². The average molecular weight is 264 g/mol. The monoisotopic (exact) mass is 262 g/mol. The van der Waals surface area contributed by atoms with Crippen molar-refractivity contribution in [3.8, 4) is 0 Å². The van der Waals surface area contributed by atoms with Gasteiger partial charge in [0.25, 0.3) is 0 Å². The number of hydrogen-bond donors (Lipinski definition) is 1. The van der Waals surface area contributed by atoms with Gasteiger partial charge in [0.15, 0.2) is 0 Å². The predicted molar refractivity (Wildman–Crippen MR) is 59.1 cm³/mol. The molecule has 13 heavy (non-hydrogen) atoms. The molecule has 3 heteroatoms. The number of halogens is 2. The zero-order chi connectivity index (χ0) is 10.0. The van der Waals surface area contributed by atoms with Crippen molar-refractivity contribution in [2.24, 2.45) is 0 Å². The Hall–Kier alpha value is -0.0500. The van der Waals surface area contributed by atoms with E-state index in [1.54, 1.807) is 0 Å². The van der Waals surface area contributed by atoms with Gasteiger partial charge in [-0.2, -0.15) is 0 Å². The quantitative estimate of drug-likeness (QED) is 0.859. The van der Waals surface area contributed by atoms with E-state index in [9.17, 15) is 5.11 Å². The fourth-order valence-corrected chi connectivity index (χ4v) is 2.04. The van der Waals surface area contributed by atoms with Crippen LogP contribution in [0.5, 0.6) is 0 Å². The number of aliphatic hydroxyl groups excluding tert-OH is 1. The molecule has 0 aliphatic carbocycles. The lowest BCUT2D eigenvalue weighted by Gasteiger charge is -2.12. The van der Waals surface area contributed by atoms with E-state index >= 15 is 0 Å². The van der Waals surface area contributed by atoms with Crippen LogP contribution in [0.25, 0.3) is 0 Å². The van der Waals surface area contributed by atoms with E-state index in [4.69, 9.17) is 11.6 Å². The van der Waals surface area contributed by atoms with Crippen molar-refractivity contribution in [3.05, 3.63) is 32.8 Å². The van der Waals surface area contributed by atoms with Crippen LogP contribution in [0.1, 0.15) is 30.6 Å². The van der Waals surface area contributed by atoms with Crippen molar-refractivity contribution in [3.63, 3.8) is 0 Å². The van der Waals surface area contributed by atoms with E-state index in [2.05, 4.69) is 15.9 Å². The van der Waals surface area contributed by atoms with Crippen LogP contribution in [-0.4, -0.2) is 5.11 Å². The number of aryl methyl sites for hydroxylation is 1. The van der Waals surface area contributed by atoms with Gasteiger partial charge in [0, 0.05) is 10.0 Å². The second kappa shape index (κ2) is 4.45. The number of rotatable bonds is 2. The molecule has 1 nitrogen and oxygen atoms in total. The molecule has 0 heterocycles. The average Bonchev–Trinajstić information content (AvgIpc) is 2.10. The van der Waals surface area contributed by atoms with Crippen molar-refractivity contribution >= 4 is 27.5 Å². The van der Waals surface area contributed by atoms with E-state index in [0.29, 0.717) is 11.4 Å².